The number of nitro groups is 1. The number of carbonyl (C=O) groups excluding carboxylic acids is 1. The lowest BCUT2D eigenvalue weighted by atomic mass is 10.4. The minimum absolute atomic E-state index is 0.0396. The molecule has 7 nitrogen and oxygen atoms in total. The molecule has 0 aliphatic heterocycles. The highest BCUT2D eigenvalue weighted by atomic mass is 79.9. The molecule has 1 aromatic heterocycles. The van der Waals surface area contributed by atoms with Gasteiger partial charge in [-0.25, -0.2) is 4.79 Å². The predicted octanol–water partition coefficient (Wildman–Crippen LogP) is 1.64. The van der Waals surface area contributed by atoms with E-state index >= 15 is 0 Å². The van der Waals surface area contributed by atoms with E-state index in [0.717, 1.165) is 10.6 Å². The van der Waals surface area contributed by atoms with Gasteiger partial charge in [-0.15, -0.1) is 0 Å². The molecule has 0 saturated carbocycles. The van der Waals surface area contributed by atoms with Gasteiger partial charge in [0.1, 0.15) is 0 Å². The summed E-state index contributed by atoms with van der Waals surface area (Å²) in [5, 5.41) is 10.7. The fraction of sp³-hybridized carbons (Fsp3) is 0.273. The zero-order chi connectivity index (χ0) is 14.4. The van der Waals surface area contributed by atoms with E-state index in [-0.39, 0.29) is 13.2 Å². The summed E-state index contributed by atoms with van der Waals surface area (Å²) in [7, 11) is 0. The van der Waals surface area contributed by atoms with Gasteiger partial charge < -0.3 is 9.30 Å². The monoisotopic (exact) mass is 330 g/mol. The molecule has 102 valence electrons. The van der Waals surface area contributed by atoms with Crippen LogP contribution in [-0.4, -0.2) is 22.1 Å². The van der Waals surface area contributed by atoms with Gasteiger partial charge in [-0.05, 0) is 22.9 Å². The van der Waals surface area contributed by atoms with E-state index < -0.39 is 22.1 Å². The first-order valence-electron chi connectivity index (χ1n) is 5.33. The zero-order valence-corrected chi connectivity index (χ0v) is 11.6. The Morgan fingerprint density at radius 2 is 2.32 bits per heavy atom. The van der Waals surface area contributed by atoms with Crippen LogP contribution < -0.4 is 5.56 Å². The highest BCUT2D eigenvalue weighted by Gasteiger charge is 2.15. The van der Waals surface area contributed by atoms with Gasteiger partial charge in [-0.2, -0.15) is 0 Å². The van der Waals surface area contributed by atoms with Crippen molar-refractivity contribution in [2.45, 2.75) is 13.5 Å². The fourth-order valence-electron chi connectivity index (χ4n) is 1.30. The first-order valence-corrected chi connectivity index (χ1v) is 6.12. The molecule has 0 saturated heterocycles. The Hall–Kier alpha value is -1.96. The molecule has 19 heavy (non-hydrogen) atoms. The van der Waals surface area contributed by atoms with E-state index in [2.05, 4.69) is 20.7 Å². The highest BCUT2D eigenvalue weighted by molar-refractivity contribution is 9.10. The van der Waals surface area contributed by atoms with Crippen LogP contribution in [0.25, 0.3) is 0 Å². The molecule has 0 bridgehead atoms. The van der Waals surface area contributed by atoms with Crippen LogP contribution in [-0.2, 0) is 16.1 Å². The molecular formula is C11H11BrN2O5. The maximum atomic E-state index is 11.7. The zero-order valence-electron chi connectivity index (χ0n) is 10.0. The van der Waals surface area contributed by atoms with Gasteiger partial charge in [0.15, 0.2) is 0 Å². The van der Waals surface area contributed by atoms with E-state index in [0.29, 0.717) is 4.47 Å². The molecule has 0 aliphatic rings. The second-order valence-electron chi connectivity index (χ2n) is 3.41. The first kappa shape index (κ1) is 15.1. The number of rotatable bonds is 5. The number of nitrogens with zero attached hydrogens (tertiary/aromatic N) is 2. The van der Waals surface area contributed by atoms with Crippen molar-refractivity contribution >= 4 is 27.6 Å². The molecule has 1 aromatic rings. The second kappa shape index (κ2) is 6.83. The van der Waals surface area contributed by atoms with Crippen molar-refractivity contribution in [2.75, 3.05) is 6.61 Å². The van der Waals surface area contributed by atoms with Crippen molar-refractivity contribution in [2.24, 2.45) is 0 Å². The number of halogens is 1. The van der Waals surface area contributed by atoms with E-state index in [1.54, 1.807) is 6.92 Å². The summed E-state index contributed by atoms with van der Waals surface area (Å²) in [5.74, 6) is -0.528. The maximum Gasteiger partial charge on any atom is 0.335 e. The maximum absolute atomic E-state index is 11.7. The van der Waals surface area contributed by atoms with Gasteiger partial charge in [-0.3, -0.25) is 14.9 Å². The van der Waals surface area contributed by atoms with Crippen LogP contribution in [0.2, 0.25) is 0 Å². The summed E-state index contributed by atoms with van der Waals surface area (Å²) in [6.45, 7) is 1.97. The molecule has 0 aliphatic carbocycles. The topological polar surface area (TPSA) is 91.4 Å². The molecule has 0 aromatic carbocycles. The molecule has 8 heteroatoms. The molecule has 1 rings (SSSR count). The summed E-state index contributed by atoms with van der Waals surface area (Å²) < 4.78 is 6.19. The van der Waals surface area contributed by atoms with Gasteiger partial charge in [0.05, 0.1) is 11.5 Å². The number of hydrogen-bond donors (Lipinski definition) is 0. The number of allylic oxidation sites excluding steroid dienone is 1. The molecular weight excluding hydrogens is 320 g/mol. The minimum Gasteiger partial charge on any atom is -0.463 e. The normalized spacial score (nSPS) is 10.6. The Morgan fingerprint density at radius 1 is 1.63 bits per heavy atom. The summed E-state index contributed by atoms with van der Waals surface area (Å²) in [5.41, 5.74) is -1.26. The Balaban J connectivity index is 2.93. The van der Waals surface area contributed by atoms with Crippen molar-refractivity contribution in [1.82, 2.24) is 4.57 Å². The lowest BCUT2D eigenvalue weighted by Gasteiger charge is -2.02. The number of pyridine rings is 1. The third kappa shape index (κ3) is 4.32. The lowest BCUT2D eigenvalue weighted by Crippen LogP contribution is -2.21. The second-order valence-corrected chi connectivity index (χ2v) is 4.33. The van der Waals surface area contributed by atoms with Gasteiger partial charge >= 0.3 is 17.2 Å². The van der Waals surface area contributed by atoms with Crippen LogP contribution >= 0.6 is 15.9 Å². The molecule has 1 heterocycles. The van der Waals surface area contributed by atoms with Crippen molar-refractivity contribution in [3.05, 3.63) is 49.4 Å². The number of esters is 1. The fourth-order valence-corrected chi connectivity index (χ4v) is 1.77. The van der Waals surface area contributed by atoms with Crippen LogP contribution in [0.1, 0.15) is 6.92 Å². The summed E-state index contributed by atoms with van der Waals surface area (Å²) >= 11 is 3.08. The molecule has 0 radical (unpaired) electrons. The molecule has 0 fully saturated rings. The van der Waals surface area contributed by atoms with Crippen molar-refractivity contribution in [3.8, 4) is 0 Å². The summed E-state index contributed by atoms with van der Waals surface area (Å²) in [4.78, 5) is 32.7. The molecule has 0 spiro atoms. The summed E-state index contributed by atoms with van der Waals surface area (Å²) in [6.07, 6.45) is 3.98. The Kier molecular flexibility index (Phi) is 5.43. The Labute approximate surface area is 116 Å². The quantitative estimate of drug-likeness (QED) is 0.354. The lowest BCUT2D eigenvalue weighted by molar-refractivity contribution is -0.386. The van der Waals surface area contributed by atoms with E-state index in [9.17, 15) is 19.7 Å². The number of carbonyl (C=O) groups is 1. The molecule has 0 unspecified atom stereocenters. The Bertz CT molecular complexity index is 579. The third-order valence-corrected chi connectivity index (χ3v) is 2.51. The SMILES string of the molecule is CCOC(=O)/C=C/Cn1cc(Br)cc([N+](=O)[O-])c1=O. The summed E-state index contributed by atoms with van der Waals surface area (Å²) in [6, 6.07) is 1.13. The predicted molar refractivity (Wildman–Crippen MR) is 70.8 cm³/mol. The largest absolute Gasteiger partial charge is 0.463 e. The highest BCUT2D eigenvalue weighted by Crippen LogP contribution is 2.13. The molecule has 0 amide bonds. The molecule has 0 atom stereocenters. The first-order chi connectivity index (χ1) is 8.95. The third-order valence-electron chi connectivity index (χ3n) is 2.07. The van der Waals surface area contributed by atoms with Crippen LogP contribution in [0.5, 0.6) is 0 Å². The standard InChI is InChI=1S/C11H11BrN2O5/c1-2-19-10(15)4-3-5-13-7-8(12)6-9(11(13)16)14(17)18/h3-4,6-7H,2,5H2,1H3/b4-3+. The van der Waals surface area contributed by atoms with Crippen LogP contribution in [0.15, 0.2) is 33.7 Å². The van der Waals surface area contributed by atoms with Crippen LogP contribution in [0.3, 0.4) is 0 Å². The van der Waals surface area contributed by atoms with Crippen molar-refractivity contribution < 1.29 is 14.5 Å². The van der Waals surface area contributed by atoms with Gasteiger partial charge in [0.2, 0.25) is 0 Å². The number of ether oxygens (including phenoxy) is 1. The average molecular weight is 331 g/mol. The van der Waals surface area contributed by atoms with Gasteiger partial charge in [0, 0.05) is 29.4 Å². The van der Waals surface area contributed by atoms with E-state index in [1.807, 2.05) is 0 Å². The van der Waals surface area contributed by atoms with Crippen molar-refractivity contribution in [3.63, 3.8) is 0 Å². The average Bonchev–Trinajstić information content (AvgIpc) is 2.33. The minimum atomic E-state index is -0.751. The van der Waals surface area contributed by atoms with Crippen molar-refractivity contribution in [1.29, 1.82) is 0 Å². The van der Waals surface area contributed by atoms with Crippen LogP contribution in [0, 0.1) is 10.1 Å². The van der Waals surface area contributed by atoms with Gasteiger partial charge in [0.25, 0.3) is 0 Å². The smallest absolute Gasteiger partial charge is 0.335 e. The Morgan fingerprint density at radius 3 is 2.89 bits per heavy atom. The number of hydrogen-bond acceptors (Lipinski definition) is 5. The van der Waals surface area contributed by atoms with E-state index in [1.165, 1.54) is 18.3 Å². The number of aromatic nitrogens is 1. The van der Waals surface area contributed by atoms with Crippen LogP contribution in [0.4, 0.5) is 5.69 Å². The molecule has 0 N–H and O–H groups in total. The van der Waals surface area contributed by atoms with Gasteiger partial charge in [-0.1, -0.05) is 6.08 Å². The van der Waals surface area contributed by atoms with E-state index in [4.69, 9.17) is 0 Å².